The average Bonchev–Trinajstić information content (AvgIpc) is 2.88. The highest BCUT2D eigenvalue weighted by Gasteiger charge is 2.43. The van der Waals surface area contributed by atoms with Crippen molar-refractivity contribution in [2.75, 3.05) is 20.1 Å². The van der Waals surface area contributed by atoms with Gasteiger partial charge in [0, 0.05) is 31.6 Å². The van der Waals surface area contributed by atoms with E-state index >= 15 is 0 Å². The number of aryl methyl sites for hydroxylation is 1. The third-order valence-corrected chi connectivity index (χ3v) is 9.84. The van der Waals surface area contributed by atoms with Crippen molar-refractivity contribution >= 4 is 10.0 Å². The summed E-state index contributed by atoms with van der Waals surface area (Å²) < 4.78 is 66.5. The molecule has 8 heteroatoms. The molecule has 0 N–H and O–H groups in total. The number of unbranched alkanes of at least 4 members (excludes halogenated alkanes) is 1. The summed E-state index contributed by atoms with van der Waals surface area (Å²) in [5.41, 5.74) is 2.60. The van der Waals surface area contributed by atoms with E-state index in [-0.39, 0.29) is 0 Å². The smallest absolute Gasteiger partial charge is 0.297 e. The second kappa shape index (κ2) is 11.2. The Balaban J connectivity index is 1.30. The summed E-state index contributed by atoms with van der Waals surface area (Å²) in [6.07, 6.45) is -2.70. The van der Waals surface area contributed by atoms with Crippen molar-refractivity contribution < 1.29 is 21.6 Å². The molecular formula is C30H35F3N2O2S. The zero-order valence-corrected chi connectivity index (χ0v) is 23.1. The van der Waals surface area contributed by atoms with E-state index in [0.29, 0.717) is 35.0 Å². The van der Waals surface area contributed by atoms with Crippen LogP contribution in [0.2, 0.25) is 0 Å². The van der Waals surface area contributed by atoms with Gasteiger partial charge in [-0.3, -0.25) is 4.90 Å². The Morgan fingerprint density at radius 1 is 0.868 bits per heavy atom. The first kappa shape index (κ1) is 28.3. The molecule has 3 aromatic carbocycles. The first-order valence-electron chi connectivity index (χ1n) is 13.0. The molecule has 2 atom stereocenters. The van der Waals surface area contributed by atoms with Crippen LogP contribution in [0, 0.1) is 6.92 Å². The number of hydrogen-bond donors (Lipinski definition) is 0. The van der Waals surface area contributed by atoms with E-state index in [9.17, 15) is 21.6 Å². The standard InChI is InChI=1S/C30H35F3N2O2S/c1-21-10-5-6-13-28(21)38(36,37)34(4)18-7-8-19-35-22(2)29(23(35)3)25-16-14-24(15-17-25)26-11-9-12-27(20-26)30(31,32)33/h5-6,9-17,20,22-23,29H,7-8,18-19H2,1-4H3. The zero-order chi connectivity index (χ0) is 27.7. The fraction of sp³-hybridized carbons (Fsp3) is 0.400. The van der Waals surface area contributed by atoms with E-state index in [4.69, 9.17) is 0 Å². The van der Waals surface area contributed by atoms with E-state index in [1.807, 2.05) is 43.3 Å². The average molecular weight is 545 g/mol. The topological polar surface area (TPSA) is 40.6 Å². The number of rotatable bonds is 9. The summed E-state index contributed by atoms with van der Waals surface area (Å²) in [4.78, 5) is 2.79. The molecule has 0 radical (unpaired) electrons. The van der Waals surface area contributed by atoms with Gasteiger partial charge in [0.1, 0.15) is 0 Å². The molecule has 1 heterocycles. The Labute approximate surface area is 224 Å². The Hall–Kier alpha value is -2.68. The van der Waals surface area contributed by atoms with Crippen molar-refractivity contribution in [1.82, 2.24) is 9.21 Å². The van der Waals surface area contributed by atoms with E-state index < -0.39 is 21.8 Å². The van der Waals surface area contributed by atoms with Crippen LogP contribution in [0.3, 0.4) is 0 Å². The molecule has 1 fully saturated rings. The normalized spacial score (nSPS) is 20.5. The monoisotopic (exact) mass is 544 g/mol. The summed E-state index contributed by atoms with van der Waals surface area (Å²) in [5.74, 6) is 0.342. The van der Waals surface area contributed by atoms with Gasteiger partial charge in [0.05, 0.1) is 10.5 Å². The molecule has 1 saturated heterocycles. The molecule has 0 aromatic heterocycles. The maximum Gasteiger partial charge on any atom is 0.416 e. The number of likely N-dealkylation sites (tertiary alicyclic amines) is 1. The van der Waals surface area contributed by atoms with E-state index in [1.54, 1.807) is 25.2 Å². The molecule has 0 saturated carbocycles. The van der Waals surface area contributed by atoms with Gasteiger partial charge in [-0.05, 0) is 80.6 Å². The predicted octanol–water partition coefficient (Wildman–Crippen LogP) is 6.96. The number of benzene rings is 3. The lowest BCUT2D eigenvalue weighted by Crippen LogP contribution is -2.59. The number of hydrogen-bond acceptors (Lipinski definition) is 3. The molecule has 2 unspecified atom stereocenters. The maximum atomic E-state index is 13.1. The molecule has 1 aliphatic rings. The van der Waals surface area contributed by atoms with Crippen molar-refractivity contribution in [3.63, 3.8) is 0 Å². The van der Waals surface area contributed by atoms with E-state index in [0.717, 1.165) is 36.6 Å². The van der Waals surface area contributed by atoms with Gasteiger partial charge in [-0.15, -0.1) is 0 Å². The van der Waals surface area contributed by atoms with Crippen molar-refractivity contribution in [3.05, 3.63) is 89.5 Å². The second-order valence-corrected chi connectivity index (χ2v) is 12.3. The van der Waals surface area contributed by atoms with Gasteiger partial charge in [0.2, 0.25) is 10.0 Å². The van der Waals surface area contributed by atoms with Gasteiger partial charge >= 0.3 is 6.18 Å². The molecule has 4 nitrogen and oxygen atoms in total. The molecule has 38 heavy (non-hydrogen) atoms. The minimum Gasteiger partial charge on any atom is -0.297 e. The lowest BCUT2D eigenvalue weighted by atomic mass is 9.76. The third kappa shape index (κ3) is 5.82. The van der Waals surface area contributed by atoms with Crippen LogP contribution >= 0.6 is 0 Å². The van der Waals surface area contributed by atoms with Crippen LogP contribution in [-0.2, 0) is 16.2 Å². The van der Waals surface area contributed by atoms with Gasteiger partial charge < -0.3 is 0 Å². The van der Waals surface area contributed by atoms with Gasteiger partial charge in [-0.2, -0.15) is 13.2 Å². The van der Waals surface area contributed by atoms with Crippen molar-refractivity contribution in [2.45, 2.75) is 62.7 Å². The summed E-state index contributed by atoms with van der Waals surface area (Å²) in [7, 11) is -1.86. The lowest BCUT2D eigenvalue weighted by molar-refractivity contribution is -0.137. The molecule has 4 rings (SSSR count). The van der Waals surface area contributed by atoms with Gasteiger partial charge in [-0.1, -0.05) is 54.6 Å². The molecule has 0 aliphatic carbocycles. The number of halogens is 3. The summed E-state index contributed by atoms with van der Waals surface area (Å²) in [6.45, 7) is 7.55. The first-order valence-corrected chi connectivity index (χ1v) is 14.4. The molecule has 0 amide bonds. The predicted molar refractivity (Wildman–Crippen MR) is 145 cm³/mol. The maximum absolute atomic E-state index is 13.1. The highest BCUT2D eigenvalue weighted by molar-refractivity contribution is 7.89. The summed E-state index contributed by atoms with van der Waals surface area (Å²) in [6, 6.07) is 21.0. The lowest BCUT2D eigenvalue weighted by Gasteiger charge is -2.53. The summed E-state index contributed by atoms with van der Waals surface area (Å²) >= 11 is 0. The quantitative estimate of drug-likeness (QED) is 0.274. The highest BCUT2D eigenvalue weighted by atomic mass is 32.2. The SMILES string of the molecule is Cc1ccccc1S(=O)(=O)N(C)CCCCN1C(C)C(c2ccc(-c3cccc(C(F)(F)F)c3)cc2)C1C. The van der Waals surface area contributed by atoms with Gasteiger partial charge in [-0.25, -0.2) is 12.7 Å². The molecule has 3 aromatic rings. The van der Waals surface area contributed by atoms with Crippen molar-refractivity contribution in [1.29, 1.82) is 0 Å². The number of nitrogens with zero attached hydrogens (tertiary/aromatic N) is 2. The Kier molecular flexibility index (Phi) is 8.35. The number of alkyl halides is 3. The number of sulfonamides is 1. The Bertz CT molecular complexity index is 1350. The van der Waals surface area contributed by atoms with Crippen LogP contribution in [0.5, 0.6) is 0 Å². The molecular weight excluding hydrogens is 509 g/mol. The van der Waals surface area contributed by atoms with E-state index in [2.05, 4.69) is 18.7 Å². The molecule has 1 aliphatic heterocycles. The first-order chi connectivity index (χ1) is 17.9. The minimum absolute atomic E-state index is 0.331. The van der Waals surface area contributed by atoms with Crippen LogP contribution in [0.4, 0.5) is 13.2 Å². The van der Waals surface area contributed by atoms with Gasteiger partial charge in [0.25, 0.3) is 0 Å². The zero-order valence-electron chi connectivity index (χ0n) is 22.2. The molecule has 0 spiro atoms. The third-order valence-electron chi connectivity index (χ3n) is 7.83. The van der Waals surface area contributed by atoms with Crippen LogP contribution in [0.25, 0.3) is 11.1 Å². The Morgan fingerprint density at radius 2 is 1.53 bits per heavy atom. The highest BCUT2D eigenvalue weighted by Crippen LogP contribution is 2.41. The fourth-order valence-corrected chi connectivity index (χ4v) is 7.02. The fourth-order valence-electron chi connectivity index (χ4n) is 5.58. The van der Waals surface area contributed by atoms with Crippen molar-refractivity contribution in [2.24, 2.45) is 0 Å². The largest absolute Gasteiger partial charge is 0.416 e. The Morgan fingerprint density at radius 3 is 2.16 bits per heavy atom. The summed E-state index contributed by atoms with van der Waals surface area (Å²) in [5, 5.41) is 0. The van der Waals surface area contributed by atoms with Gasteiger partial charge in [0.15, 0.2) is 0 Å². The van der Waals surface area contributed by atoms with Crippen LogP contribution in [0.15, 0.2) is 77.7 Å². The van der Waals surface area contributed by atoms with Crippen LogP contribution in [0.1, 0.15) is 49.3 Å². The second-order valence-electron chi connectivity index (χ2n) is 10.2. The van der Waals surface area contributed by atoms with Crippen LogP contribution < -0.4 is 0 Å². The minimum atomic E-state index is -4.36. The van der Waals surface area contributed by atoms with Crippen LogP contribution in [-0.4, -0.2) is 49.8 Å². The van der Waals surface area contributed by atoms with Crippen molar-refractivity contribution in [3.8, 4) is 11.1 Å². The molecule has 204 valence electrons. The molecule has 0 bridgehead atoms. The van der Waals surface area contributed by atoms with E-state index in [1.165, 1.54) is 22.0 Å².